The monoisotopic (exact) mass is 286 g/mol. The maximum atomic E-state index is 12.8. The molecule has 2 aliphatic heterocycles. The fourth-order valence-corrected chi connectivity index (χ4v) is 3.54. The molecule has 2 saturated heterocycles. The van der Waals surface area contributed by atoms with E-state index >= 15 is 0 Å². The first-order chi connectivity index (χ1) is 10.1. The van der Waals surface area contributed by atoms with Crippen LogP contribution in [0.1, 0.15) is 43.4 Å². The molecule has 2 unspecified atom stereocenters. The number of benzene rings is 1. The molecular weight excluding hydrogens is 264 g/mol. The molecule has 0 aliphatic carbocycles. The molecule has 2 aliphatic rings. The smallest absolute Gasteiger partial charge is 0.246 e. The van der Waals surface area contributed by atoms with Crippen molar-refractivity contribution in [2.24, 2.45) is 0 Å². The number of carbonyl (C=O) groups is 2. The Kier molecular flexibility index (Phi) is 3.70. The molecule has 1 aromatic carbocycles. The van der Waals surface area contributed by atoms with Crippen LogP contribution in [0.2, 0.25) is 0 Å². The van der Waals surface area contributed by atoms with E-state index in [9.17, 15) is 9.59 Å². The first-order valence-corrected chi connectivity index (χ1v) is 7.75. The van der Waals surface area contributed by atoms with Crippen LogP contribution in [0.5, 0.6) is 0 Å². The maximum absolute atomic E-state index is 12.8. The highest BCUT2D eigenvalue weighted by atomic mass is 16.2. The first kappa shape index (κ1) is 14.1. The lowest BCUT2D eigenvalue weighted by atomic mass is 9.95. The molecule has 2 amide bonds. The van der Waals surface area contributed by atoms with Gasteiger partial charge in [0, 0.05) is 6.54 Å². The molecule has 21 heavy (non-hydrogen) atoms. The number of piperidine rings is 1. The summed E-state index contributed by atoms with van der Waals surface area (Å²) in [4.78, 5) is 28.6. The fraction of sp³-hybridized carbons (Fsp3) is 0.529. The lowest BCUT2D eigenvalue weighted by Crippen LogP contribution is -2.61. The third kappa shape index (κ3) is 2.43. The average Bonchev–Trinajstić information content (AvgIpc) is 2.51. The van der Waals surface area contributed by atoms with Gasteiger partial charge >= 0.3 is 0 Å². The number of fused-ring (bicyclic) bond motifs is 1. The van der Waals surface area contributed by atoms with Crippen molar-refractivity contribution in [2.45, 2.75) is 45.2 Å². The minimum absolute atomic E-state index is 0.0493. The summed E-state index contributed by atoms with van der Waals surface area (Å²) < 4.78 is 0. The number of hydrogen-bond donors (Lipinski definition) is 0. The Balaban J connectivity index is 1.87. The third-order valence-electron chi connectivity index (χ3n) is 4.80. The third-order valence-corrected chi connectivity index (χ3v) is 4.80. The van der Waals surface area contributed by atoms with Gasteiger partial charge < -0.3 is 9.80 Å². The van der Waals surface area contributed by atoms with Gasteiger partial charge in [0.1, 0.15) is 12.6 Å². The number of aryl methyl sites for hydroxylation is 1. The van der Waals surface area contributed by atoms with E-state index in [2.05, 4.69) is 13.0 Å². The highest BCUT2D eigenvalue weighted by molar-refractivity contribution is 5.95. The standard InChI is InChI=1S/C17H22N2O2/c1-12-7-3-4-8-14(12)13(2)19-11-16(20)18-10-6-5-9-15(18)17(19)21/h3-4,7-8,13,15H,5-6,9-11H2,1-2H3. The van der Waals surface area contributed by atoms with Gasteiger partial charge in [0.2, 0.25) is 11.8 Å². The molecule has 0 aromatic heterocycles. The molecule has 0 spiro atoms. The summed E-state index contributed by atoms with van der Waals surface area (Å²) in [5.41, 5.74) is 2.29. The first-order valence-electron chi connectivity index (χ1n) is 7.75. The summed E-state index contributed by atoms with van der Waals surface area (Å²) in [6, 6.07) is 7.80. The van der Waals surface area contributed by atoms with Crippen LogP contribution in [0.3, 0.4) is 0 Å². The molecule has 0 radical (unpaired) electrons. The van der Waals surface area contributed by atoms with Gasteiger partial charge in [-0.1, -0.05) is 24.3 Å². The van der Waals surface area contributed by atoms with E-state index in [1.54, 1.807) is 9.80 Å². The van der Waals surface area contributed by atoms with Crippen molar-refractivity contribution >= 4 is 11.8 Å². The highest BCUT2D eigenvalue weighted by Gasteiger charge is 2.42. The van der Waals surface area contributed by atoms with Crippen LogP contribution in [0.4, 0.5) is 0 Å². The largest absolute Gasteiger partial charge is 0.329 e. The average molecular weight is 286 g/mol. The molecule has 112 valence electrons. The van der Waals surface area contributed by atoms with Crippen LogP contribution in [0, 0.1) is 6.92 Å². The molecule has 4 nitrogen and oxygen atoms in total. The van der Waals surface area contributed by atoms with Crippen molar-refractivity contribution in [1.29, 1.82) is 0 Å². The Bertz CT molecular complexity index is 570. The van der Waals surface area contributed by atoms with Gasteiger partial charge in [-0.05, 0) is 44.2 Å². The number of nitrogens with zero attached hydrogens (tertiary/aromatic N) is 2. The number of hydrogen-bond acceptors (Lipinski definition) is 2. The Morgan fingerprint density at radius 1 is 1.19 bits per heavy atom. The lowest BCUT2D eigenvalue weighted by molar-refractivity contribution is -0.159. The van der Waals surface area contributed by atoms with Crippen molar-refractivity contribution in [3.05, 3.63) is 35.4 Å². The zero-order chi connectivity index (χ0) is 15.0. The molecule has 3 rings (SSSR count). The number of piperazine rings is 1. The second kappa shape index (κ2) is 5.51. The van der Waals surface area contributed by atoms with Gasteiger partial charge in [-0.3, -0.25) is 9.59 Å². The predicted octanol–water partition coefficient (Wildman–Crippen LogP) is 2.28. The van der Waals surface area contributed by atoms with Crippen LogP contribution in [0.15, 0.2) is 24.3 Å². The molecule has 2 fully saturated rings. The highest BCUT2D eigenvalue weighted by Crippen LogP contribution is 2.30. The molecule has 0 bridgehead atoms. The molecule has 0 N–H and O–H groups in total. The Labute approximate surface area is 125 Å². The summed E-state index contributed by atoms with van der Waals surface area (Å²) in [5, 5.41) is 0. The molecule has 0 saturated carbocycles. The number of carbonyl (C=O) groups excluding carboxylic acids is 2. The number of amides is 2. The van der Waals surface area contributed by atoms with Crippen LogP contribution < -0.4 is 0 Å². The Morgan fingerprint density at radius 3 is 2.71 bits per heavy atom. The summed E-state index contributed by atoms with van der Waals surface area (Å²) >= 11 is 0. The van der Waals surface area contributed by atoms with E-state index in [1.165, 1.54) is 0 Å². The molecule has 2 atom stereocenters. The van der Waals surface area contributed by atoms with E-state index in [1.807, 2.05) is 25.1 Å². The van der Waals surface area contributed by atoms with Gasteiger partial charge in [-0.25, -0.2) is 0 Å². The number of rotatable bonds is 2. The Morgan fingerprint density at radius 2 is 1.95 bits per heavy atom. The van der Waals surface area contributed by atoms with Gasteiger partial charge in [0.25, 0.3) is 0 Å². The van der Waals surface area contributed by atoms with E-state index in [-0.39, 0.29) is 30.4 Å². The van der Waals surface area contributed by atoms with E-state index < -0.39 is 0 Å². The van der Waals surface area contributed by atoms with Gasteiger partial charge in [0.15, 0.2) is 0 Å². The van der Waals surface area contributed by atoms with E-state index in [0.29, 0.717) is 0 Å². The quantitative estimate of drug-likeness (QED) is 0.837. The maximum Gasteiger partial charge on any atom is 0.246 e. The topological polar surface area (TPSA) is 40.6 Å². The Hall–Kier alpha value is -1.84. The fourth-order valence-electron chi connectivity index (χ4n) is 3.54. The lowest BCUT2D eigenvalue weighted by Gasteiger charge is -2.45. The van der Waals surface area contributed by atoms with Crippen molar-refractivity contribution < 1.29 is 9.59 Å². The van der Waals surface area contributed by atoms with Crippen molar-refractivity contribution in [3.63, 3.8) is 0 Å². The second-order valence-electron chi connectivity index (χ2n) is 6.10. The van der Waals surface area contributed by atoms with Crippen LogP contribution in [-0.2, 0) is 9.59 Å². The molecular formula is C17H22N2O2. The predicted molar refractivity (Wildman–Crippen MR) is 80.7 cm³/mol. The van der Waals surface area contributed by atoms with E-state index in [4.69, 9.17) is 0 Å². The summed E-state index contributed by atoms with van der Waals surface area (Å²) in [5.74, 6) is 0.213. The van der Waals surface area contributed by atoms with Crippen LogP contribution in [0.25, 0.3) is 0 Å². The summed E-state index contributed by atoms with van der Waals surface area (Å²) in [6.45, 7) is 5.02. The van der Waals surface area contributed by atoms with Gasteiger partial charge in [0.05, 0.1) is 6.04 Å². The van der Waals surface area contributed by atoms with Gasteiger partial charge in [-0.2, -0.15) is 0 Å². The molecule has 4 heteroatoms. The van der Waals surface area contributed by atoms with Crippen LogP contribution in [-0.4, -0.2) is 40.7 Å². The summed E-state index contributed by atoms with van der Waals surface area (Å²) in [7, 11) is 0. The minimum atomic E-state index is -0.230. The molecule has 2 heterocycles. The zero-order valence-electron chi connectivity index (χ0n) is 12.7. The SMILES string of the molecule is Cc1ccccc1C(C)N1CC(=O)N2CCCCC2C1=O. The van der Waals surface area contributed by atoms with Crippen LogP contribution >= 0.6 is 0 Å². The molecule has 1 aromatic rings. The minimum Gasteiger partial charge on any atom is -0.329 e. The van der Waals surface area contributed by atoms with Crippen molar-refractivity contribution in [2.75, 3.05) is 13.1 Å². The van der Waals surface area contributed by atoms with Gasteiger partial charge in [-0.15, -0.1) is 0 Å². The zero-order valence-corrected chi connectivity index (χ0v) is 12.7. The second-order valence-corrected chi connectivity index (χ2v) is 6.10. The van der Waals surface area contributed by atoms with Crippen molar-refractivity contribution in [3.8, 4) is 0 Å². The normalized spacial score (nSPS) is 24.0. The summed E-state index contributed by atoms with van der Waals surface area (Å²) in [6.07, 6.45) is 2.86. The van der Waals surface area contributed by atoms with Crippen molar-refractivity contribution in [1.82, 2.24) is 9.80 Å². The van der Waals surface area contributed by atoms with E-state index in [0.717, 1.165) is 36.9 Å².